The molecule has 0 aliphatic rings. The minimum absolute atomic E-state index is 0.0634. The number of carbonyl (C=O) groups excluding carboxylic acids is 2. The molecule has 28 heavy (non-hydrogen) atoms. The summed E-state index contributed by atoms with van der Waals surface area (Å²) < 4.78 is 10.7. The summed E-state index contributed by atoms with van der Waals surface area (Å²) in [6, 6.07) is 8.75. The van der Waals surface area contributed by atoms with E-state index in [1.165, 1.54) is 11.3 Å². The summed E-state index contributed by atoms with van der Waals surface area (Å²) in [6.07, 6.45) is 0.0634. The lowest BCUT2D eigenvalue weighted by Gasteiger charge is -2.10. The normalized spacial score (nSPS) is 10.7. The predicted molar refractivity (Wildman–Crippen MR) is 110 cm³/mol. The van der Waals surface area contributed by atoms with Crippen molar-refractivity contribution in [3.05, 3.63) is 57.7 Å². The summed E-state index contributed by atoms with van der Waals surface area (Å²) >= 11 is 3.11. The lowest BCUT2D eigenvalue weighted by molar-refractivity contribution is -0.143. The lowest BCUT2D eigenvalue weighted by atomic mass is 10.2. The number of aromatic nitrogens is 1. The van der Waals surface area contributed by atoms with Gasteiger partial charge in [-0.3, -0.25) is 9.59 Å². The third-order valence-corrected chi connectivity index (χ3v) is 5.21. The van der Waals surface area contributed by atoms with Crippen LogP contribution in [0.1, 0.15) is 29.9 Å². The molecule has 0 unspecified atom stereocenters. The Bertz CT molecular complexity index is 918. The van der Waals surface area contributed by atoms with Crippen LogP contribution in [0.15, 0.2) is 46.5 Å². The molecule has 0 aliphatic heterocycles. The number of benzene rings is 1. The van der Waals surface area contributed by atoms with E-state index in [0.717, 1.165) is 10.6 Å². The van der Waals surface area contributed by atoms with E-state index in [1.54, 1.807) is 35.6 Å². The molecule has 0 saturated heterocycles. The lowest BCUT2D eigenvalue weighted by Crippen LogP contribution is -2.30. The van der Waals surface area contributed by atoms with E-state index in [-0.39, 0.29) is 25.2 Å². The fraction of sp³-hybridized carbons (Fsp3) is 0.250. The molecule has 0 saturated carbocycles. The highest BCUT2D eigenvalue weighted by Gasteiger charge is 2.11. The van der Waals surface area contributed by atoms with Gasteiger partial charge < -0.3 is 14.8 Å². The molecule has 2 aromatic heterocycles. The Kier molecular flexibility index (Phi) is 6.78. The zero-order chi connectivity index (χ0) is 19.9. The standard InChI is InChI=1S/C20H20N2O4S2/c1-13(2)26-17-5-3-14(4-6-17)19(24)21-9-18(23)25-10-16-12-28-20(22-16)15-7-8-27-11-15/h3-8,11-13H,9-10H2,1-2H3,(H,21,24). The molecular weight excluding hydrogens is 396 g/mol. The predicted octanol–water partition coefficient (Wildman–Crippen LogP) is 4.13. The highest BCUT2D eigenvalue weighted by Crippen LogP contribution is 2.25. The van der Waals surface area contributed by atoms with E-state index in [1.807, 2.05) is 36.1 Å². The summed E-state index contributed by atoms with van der Waals surface area (Å²) in [5.74, 6) is -0.171. The quantitative estimate of drug-likeness (QED) is 0.559. The molecule has 0 spiro atoms. The van der Waals surface area contributed by atoms with Crippen molar-refractivity contribution in [1.29, 1.82) is 0 Å². The molecule has 1 N–H and O–H groups in total. The van der Waals surface area contributed by atoms with Gasteiger partial charge in [0.25, 0.3) is 5.91 Å². The number of thiophene rings is 1. The van der Waals surface area contributed by atoms with Crippen LogP contribution in [0.25, 0.3) is 10.6 Å². The first-order valence-corrected chi connectivity index (χ1v) is 10.5. The zero-order valence-electron chi connectivity index (χ0n) is 15.5. The number of ether oxygens (including phenoxy) is 2. The molecular formula is C20H20N2O4S2. The molecule has 6 nitrogen and oxygen atoms in total. The van der Waals surface area contributed by atoms with Crippen LogP contribution in [0.4, 0.5) is 0 Å². The minimum atomic E-state index is -0.516. The average molecular weight is 417 g/mol. The highest BCUT2D eigenvalue weighted by molar-refractivity contribution is 7.14. The van der Waals surface area contributed by atoms with Crippen molar-refractivity contribution in [1.82, 2.24) is 10.3 Å². The van der Waals surface area contributed by atoms with Gasteiger partial charge in [0.05, 0.1) is 11.8 Å². The van der Waals surface area contributed by atoms with Gasteiger partial charge in [0.15, 0.2) is 0 Å². The minimum Gasteiger partial charge on any atom is -0.491 e. The van der Waals surface area contributed by atoms with Crippen LogP contribution in [-0.2, 0) is 16.1 Å². The fourth-order valence-corrected chi connectivity index (χ4v) is 3.83. The number of hydrogen-bond acceptors (Lipinski definition) is 7. The van der Waals surface area contributed by atoms with Crippen molar-refractivity contribution in [3.8, 4) is 16.3 Å². The summed E-state index contributed by atoms with van der Waals surface area (Å²) in [5.41, 5.74) is 2.19. The zero-order valence-corrected chi connectivity index (χ0v) is 17.1. The number of nitrogens with one attached hydrogen (secondary N) is 1. The van der Waals surface area contributed by atoms with E-state index in [9.17, 15) is 9.59 Å². The first-order valence-electron chi connectivity index (χ1n) is 8.69. The Morgan fingerprint density at radius 2 is 1.93 bits per heavy atom. The molecule has 1 aromatic carbocycles. The largest absolute Gasteiger partial charge is 0.491 e. The van der Waals surface area contributed by atoms with Crippen LogP contribution in [0.5, 0.6) is 5.75 Å². The first kappa shape index (κ1) is 20.0. The van der Waals surface area contributed by atoms with Crippen molar-refractivity contribution < 1.29 is 19.1 Å². The third-order valence-electron chi connectivity index (χ3n) is 3.58. The van der Waals surface area contributed by atoms with E-state index in [0.29, 0.717) is 17.0 Å². The van der Waals surface area contributed by atoms with Crippen molar-refractivity contribution >= 4 is 34.6 Å². The maximum Gasteiger partial charge on any atom is 0.325 e. The molecule has 0 radical (unpaired) electrons. The first-order chi connectivity index (χ1) is 13.5. The summed E-state index contributed by atoms with van der Waals surface area (Å²) in [6.45, 7) is 3.74. The number of amides is 1. The van der Waals surface area contributed by atoms with E-state index < -0.39 is 5.97 Å². The van der Waals surface area contributed by atoms with Crippen molar-refractivity contribution in [3.63, 3.8) is 0 Å². The Morgan fingerprint density at radius 3 is 2.61 bits per heavy atom. The van der Waals surface area contributed by atoms with Gasteiger partial charge in [-0.1, -0.05) is 0 Å². The van der Waals surface area contributed by atoms with Crippen LogP contribution in [0, 0.1) is 0 Å². The van der Waals surface area contributed by atoms with Crippen molar-refractivity contribution in [2.75, 3.05) is 6.54 Å². The Balaban J connectivity index is 1.43. The molecule has 0 bridgehead atoms. The summed E-state index contributed by atoms with van der Waals surface area (Å²) in [5, 5.41) is 9.32. The van der Waals surface area contributed by atoms with Crippen molar-refractivity contribution in [2.24, 2.45) is 0 Å². The van der Waals surface area contributed by atoms with E-state index in [4.69, 9.17) is 9.47 Å². The monoisotopic (exact) mass is 416 g/mol. The molecule has 8 heteroatoms. The van der Waals surface area contributed by atoms with Gasteiger partial charge in [-0.25, -0.2) is 4.98 Å². The smallest absolute Gasteiger partial charge is 0.325 e. The van der Waals surface area contributed by atoms with Crippen LogP contribution in [0.2, 0.25) is 0 Å². The maximum atomic E-state index is 12.1. The van der Waals surface area contributed by atoms with Gasteiger partial charge in [-0.05, 0) is 49.6 Å². The van der Waals surface area contributed by atoms with Crippen LogP contribution in [-0.4, -0.2) is 29.5 Å². The Hall–Kier alpha value is -2.71. The van der Waals surface area contributed by atoms with E-state index in [2.05, 4.69) is 10.3 Å². The number of rotatable bonds is 8. The SMILES string of the molecule is CC(C)Oc1ccc(C(=O)NCC(=O)OCc2csc(-c3ccsc3)n2)cc1. The fourth-order valence-electron chi connectivity index (χ4n) is 2.31. The van der Waals surface area contributed by atoms with Gasteiger partial charge in [-0.2, -0.15) is 11.3 Å². The average Bonchev–Trinajstić information content (AvgIpc) is 3.36. The molecule has 0 aliphatic carbocycles. The van der Waals surface area contributed by atoms with Gasteiger partial charge in [0.2, 0.25) is 0 Å². The molecule has 3 rings (SSSR count). The highest BCUT2D eigenvalue weighted by atomic mass is 32.1. The topological polar surface area (TPSA) is 77.5 Å². The third kappa shape index (κ3) is 5.64. The molecule has 2 heterocycles. The second kappa shape index (κ2) is 9.48. The van der Waals surface area contributed by atoms with Crippen molar-refractivity contribution in [2.45, 2.75) is 26.6 Å². The molecule has 3 aromatic rings. The Morgan fingerprint density at radius 1 is 1.14 bits per heavy atom. The second-order valence-corrected chi connectivity index (χ2v) is 7.83. The van der Waals surface area contributed by atoms with Crippen LogP contribution >= 0.6 is 22.7 Å². The van der Waals surface area contributed by atoms with E-state index >= 15 is 0 Å². The van der Waals surface area contributed by atoms with Crippen LogP contribution in [0.3, 0.4) is 0 Å². The van der Waals surface area contributed by atoms with Gasteiger partial charge in [0.1, 0.15) is 23.9 Å². The number of nitrogens with zero attached hydrogens (tertiary/aromatic N) is 1. The van der Waals surface area contributed by atoms with Gasteiger partial charge in [0, 0.05) is 21.9 Å². The molecule has 1 amide bonds. The number of carbonyl (C=O) groups is 2. The summed E-state index contributed by atoms with van der Waals surface area (Å²) in [7, 11) is 0. The van der Waals surface area contributed by atoms with Crippen LogP contribution < -0.4 is 10.1 Å². The number of esters is 1. The van der Waals surface area contributed by atoms with Gasteiger partial charge >= 0.3 is 5.97 Å². The second-order valence-electron chi connectivity index (χ2n) is 6.19. The molecule has 0 atom stereocenters. The maximum absolute atomic E-state index is 12.1. The van der Waals surface area contributed by atoms with Gasteiger partial charge in [-0.15, -0.1) is 11.3 Å². The molecule has 146 valence electrons. The number of thiazole rings is 1. The Labute approximate surface area is 171 Å². The number of hydrogen-bond donors (Lipinski definition) is 1. The molecule has 0 fully saturated rings. The summed E-state index contributed by atoms with van der Waals surface area (Å²) in [4.78, 5) is 28.5.